The number of aromatic nitrogens is 3. The Balaban J connectivity index is 2.79. The van der Waals surface area contributed by atoms with Crippen LogP contribution >= 0.6 is 11.6 Å². The lowest BCUT2D eigenvalue weighted by Crippen LogP contribution is -2.03. The van der Waals surface area contributed by atoms with E-state index in [9.17, 15) is 4.79 Å². The number of hydrogen-bond acceptors (Lipinski definition) is 4. The highest BCUT2D eigenvalue weighted by Gasteiger charge is 2.19. The molecule has 78 valence electrons. The molecule has 0 N–H and O–H groups in total. The highest BCUT2D eigenvalue weighted by Crippen LogP contribution is 2.17. The normalized spacial score (nSPS) is 10.6. The molecule has 5 nitrogen and oxygen atoms in total. The van der Waals surface area contributed by atoms with Crippen molar-refractivity contribution in [3.8, 4) is 0 Å². The molecular weight excluding hydrogens is 218 g/mol. The van der Waals surface area contributed by atoms with Gasteiger partial charge >= 0.3 is 5.97 Å². The predicted molar refractivity (Wildman–Crippen MR) is 54.1 cm³/mol. The number of fused-ring (bicyclic) bond motifs is 1. The molecule has 0 aromatic carbocycles. The minimum Gasteiger partial charge on any atom is -0.465 e. The third-order valence-corrected chi connectivity index (χ3v) is 2.32. The van der Waals surface area contributed by atoms with E-state index in [1.807, 2.05) is 0 Å². The van der Waals surface area contributed by atoms with Gasteiger partial charge in [-0.25, -0.2) is 14.3 Å². The van der Waals surface area contributed by atoms with Crippen molar-refractivity contribution in [2.75, 3.05) is 7.11 Å². The Morgan fingerprint density at radius 2 is 2.33 bits per heavy atom. The van der Waals surface area contributed by atoms with Crippen LogP contribution in [0.5, 0.6) is 0 Å². The predicted octanol–water partition coefficient (Wildman–Crippen LogP) is 1.48. The summed E-state index contributed by atoms with van der Waals surface area (Å²) in [6.07, 6.45) is 1.52. The molecule has 6 heteroatoms. The van der Waals surface area contributed by atoms with E-state index in [4.69, 9.17) is 11.6 Å². The van der Waals surface area contributed by atoms with Crippen molar-refractivity contribution in [3.63, 3.8) is 0 Å². The van der Waals surface area contributed by atoms with Crippen molar-refractivity contribution in [1.29, 1.82) is 0 Å². The van der Waals surface area contributed by atoms with Crippen molar-refractivity contribution in [2.24, 2.45) is 0 Å². The molecule has 0 aliphatic heterocycles. The fourth-order valence-corrected chi connectivity index (χ4v) is 1.54. The summed E-state index contributed by atoms with van der Waals surface area (Å²) in [5.41, 5.74) is 1.30. The number of nitrogens with zero attached hydrogens (tertiary/aromatic N) is 3. The number of carbonyl (C=O) groups excluding carboxylic acids is 1. The van der Waals surface area contributed by atoms with E-state index in [1.54, 1.807) is 13.0 Å². The van der Waals surface area contributed by atoms with Crippen LogP contribution in [0, 0.1) is 6.92 Å². The zero-order valence-corrected chi connectivity index (χ0v) is 8.95. The van der Waals surface area contributed by atoms with Crippen LogP contribution in [0.2, 0.25) is 5.15 Å². The molecule has 15 heavy (non-hydrogen) atoms. The van der Waals surface area contributed by atoms with Crippen molar-refractivity contribution in [1.82, 2.24) is 14.6 Å². The minimum atomic E-state index is -0.461. The van der Waals surface area contributed by atoms with Gasteiger partial charge in [0.15, 0.2) is 5.65 Å². The van der Waals surface area contributed by atoms with Crippen LogP contribution in [0.1, 0.15) is 16.1 Å². The summed E-state index contributed by atoms with van der Waals surface area (Å²) in [6, 6.07) is 1.60. The number of hydrogen-bond donors (Lipinski definition) is 0. The first-order chi connectivity index (χ1) is 7.15. The SMILES string of the molecule is COC(=O)c1c(C)nn2c(Cl)ccnc12. The highest BCUT2D eigenvalue weighted by atomic mass is 35.5. The lowest BCUT2D eigenvalue weighted by atomic mass is 10.2. The quantitative estimate of drug-likeness (QED) is 0.545. The summed E-state index contributed by atoms with van der Waals surface area (Å²) in [4.78, 5) is 15.5. The lowest BCUT2D eigenvalue weighted by molar-refractivity contribution is 0.0602. The molecule has 2 heterocycles. The third-order valence-electron chi connectivity index (χ3n) is 2.04. The van der Waals surface area contributed by atoms with Gasteiger partial charge in [-0.2, -0.15) is 5.10 Å². The summed E-state index contributed by atoms with van der Waals surface area (Å²) >= 11 is 5.90. The van der Waals surface area contributed by atoms with Crippen LogP contribution in [0.3, 0.4) is 0 Å². The van der Waals surface area contributed by atoms with Crippen LogP contribution < -0.4 is 0 Å². The summed E-state index contributed by atoms with van der Waals surface area (Å²) in [5, 5.41) is 4.50. The molecule has 0 aliphatic rings. The van der Waals surface area contributed by atoms with Crippen molar-refractivity contribution in [3.05, 3.63) is 28.7 Å². The first-order valence-corrected chi connectivity index (χ1v) is 4.61. The molecule has 0 aliphatic carbocycles. The van der Waals surface area contributed by atoms with E-state index in [-0.39, 0.29) is 0 Å². The van der Waals surface area contributed by atoms with Gasteiger partial charge in [-0.05, 0) is 13.0 Å². The molecule has 0 saturated heterocycles. The number of rotatable bonds is 1. The number of ether oxygens (including phenoxy) is 1. The van der Waals surface area contributed by atoms with Gasteiger partial charge in [0, 0.05) is 6.20 Å². The maximum atomic E-state index is 11.5. The van der Waals surface area contributed by atoms with Crippen molar-refractivity contribution < 1.29 is 9.53 Å². The molecule has 0 saturated carbocycles. The van der Waals surface area contributed by atoms with Crippen LogP contribution in [0.15, 0.2) is 12.3 Å². The summed E-state index contributed by atoms with van der Waals surface area (Å²) < 4.78 is 6.05. The minimum absolute atomic E-state index is 0.347. The van der Waals surface area contributed by atoms with Gasteiger partial charge in [0.1, 0.15) is 10.7 Å². The molecule has 0 atom stereocenters. The average Bonchev–Trinajstić information content (AvgIpc) is 2.55. The van der Waals surface area contributed by atoms with E-state index >= 15 is 0 Å². The summed E-state index contributed by atoms with van der Waals surface area (Å²) in [6.45, 7) is 1.71. The zero-order valence-electron chi connectivity index (χ0n) is 8.19. The van der Waals surface area contributed by atoms with E-state index in [1.165, 1.54) is 17.8 Å². The van der Waals surface area contributed by atoms with Crippen LogP contribution in [-0.2, 0) is 4.74 Å². The second-order valence-electron chi connectivity index (χ2n) is 2.95. The Hall–Kier alpha value is -1.62. The maximum Gasteiger partial charge on any atom is 0.343 e. The van der Waals surface area contributed by atoms with E-state index in [0.717, 1.165) is 0 Å². The van der Waals surface area contributed by atoms with Gasteiger partial charge in [0.2, 0.25) is 0 Å². The number of aryl methyl sites for hydroxylation is 1. The maximum absolute atomic E-state index is 11.5. The number of esters is 1. The monoisotopic (exact) mass is 225 g/mol. The van der Waals surface area contributed by atoms with Gasteiger partial charge < -0.3 is 4.74 Å². The average molecular weight is 226 g/mol. The Labute approximate surface area is 90.6 Å². The fraction of sp³-hybridized carbons (Fsp3) is 0.222. The Morgan fingerprint density at radius 1 is 1.60 bits per heavy atom. The van der Waals surface area contributed by atoms with Gasteiger partial charge in [-0.3, -0.25) is 0 Å². The summed E-state index contributed by atoms with van der Waals surface area (Å²) in [7, 11) is 1.32. The second kappa shape index (κ2) is 3.51. The molecular formula is C9H8ClN3O2. The fourth-order valence-electron chi connectivity index (χ4n) is 1.36. The van der Waals surface area contributed by atoms with E-state index < -0.39 is 5.97 Å². The molecule has 0 spiro atoms. The van der Waals surface area contributed by atoms with Crippen molar-refractivity contribution in [2.45, 2.75) is 6.92 Å². The topological polar surface area (TPSA) is 56.5 Å². The number of methoxy groups -OCH3 is 1. The highest BCUT2D eigenvalue weighted by molar-refractivity contribution is 6.29. The summed E-state index contributed by atoms with van der Waals surface area (Å²) in [5.74, 6) is -0.461. The number of halogens is 1. The van der Waals surface area contributed by atoms with Gasteiger partial charge in [0.05, 0.1) is 12.8 Å². The van der Waals surface area contributed by atoms with Crippen LogP contribution in [-0.4, -0.2) is 27.7 Å². The molecule has 2 rings (SSSR count). The Bertz CT molecular complexity index is 535. The lowest BCUT2D eigenvalue weighted by Gasteiger charge is -1.97. The van der Waals surface area contributed by atoms with Gasteiger partial charge in [-0.1, -0.05) is 11.6 Å². The Morgan fingerprint density at radius 3 is 3.00 bits per heavy atom. The first kappa shape index (κ1) is 9.92. The molecule has 0 unspecified atom stereocenters. The van der Waals surface area contributed by atoms with E-state index in [2.05, 4.69) is 14.8 Å². The molecule has 0 radical (unpaired) electrons. The third kappa shape index (κ3) is 1.45. The molecule has 2 aromatic heterocycles. The molecule has 0 amide bonds. The Kier molecular flexibility index (Phi) is 2.32. The smallest absolute Gasteiger partial charge is 0.343 e. The van der Waals surface area contributed by atoms with Gasteiger partial charge in [0.25, 0.3) is 0 Å². The first-order valence-electron chi connectivity index (χ1n) is 4.23. The zero-order chi connectivity index (χ0) is 11.0. The second-order valence-corrected chi connectivity index (χ2v) is 3.34. The largest absolute Gasteiger partial charge is 0.465 e. The molecule has 2 aromatic rings. The van der Waals surface area contributed by atoms with Gasteiger partial charge in [-0.15, -0.1) is 0 Å². The van der Waals surface area contributed by atoms with Crippen LogP contribution in [0.25, 0.3) is 5.65 Å². The standard InChI is InChI=1S/C9H8ClN3O2/c1-5-7(9(14)15-2)8-11-4-3-6(10)13(8)12-5/h3-4H,1-2H3. The molecule has 0 bridgehead atoms. The van der Waals surface area contributed by atoms with Crippen molar-refractivity contribution >= 4 is 23.2 Å². The van der Waals surface area contributed by atoms with E-state index in [0.29, 0.717) is 22.1 Å². The molecule has 0 fully saturated rings. The van der Waals surface area contributed by atoms with Crippen LogP contribution in [0.4, 0.5) is 0 Å². The number of carbonyl (C=O) groups is 1.